The van der Waals surface area contributed by atoms with Crippen LogP contribution in [0, 0.1) is 0 Å². The first-order chi connectivity index (χ1) is 40.0. The molecule has 0 heterocycles. The fraction of sp³-hybridized carbons (Fsp3) is 0.640. The number of carbonyl (C=O) groups excluding carboxylic acids is 3. The Balaban J connectivity index is 4.28. The molecule has 81 heavy (non-hydrogen) atoms. The molecule has 0 aliphatic heterocycles. The molecule has 6 nitrogen and oxygen atoms in total. The Morgan fingerprint density at radius 3 is 0.765 bits per heavy atom. The molecule has 0 aromatic heterocycles. The largest absolute Gasteiger partial charge is 0.462 e. The van der Waals surface area contributed by atoms with Gasteiger partial charge < -0.3 is 14.2 Å². The lowest BCUT2D eigenvalue weighted by atomic mass is 10.0. The second-order valence-electron chi connectivity index (χ2n) is 21.6. The maximum absolute atomic E-state index is 12.9. The van der Waals surface area contributed by atoms with E-state index in [1.807, 2.05) is 0 Å². The van der Waals surface area contributed by atoms with Gasteiger partial charge in [0.1, 0.15) is 13.2 Å². The maximum Gasteiger partial charge on any atom is 0.306 e. The number of hydrogen-bond acceptors (Lipinski definition) is 6. The molecule has 0 N–H and O–H groups in total. The standard InChI is InChI=1S/C75H122O6/c1-4-7-10-13-16-19-22-24-26-28-30-32-33-34-35-36-37-38-39-40-41-43-44-46-48-50-53-56-59-62-65-68-74(77)80-71-72(70-79-73(76)67-64-61-58-55-52-21-18-15-12-9-6-3)81-75(78)69-66-63-60-57-54-51-49-47-45-42-31-29-27-25-23-20-17-14-11-8-5-2/h7-8,10-11,15-20,24-27,30-32,34-35,37-38,42,47,49,72H,4-6,9,12-14,21-23,28-29,33,36,39-41,43-46,48,50-71H2,1-3H3/b10-7-,11-8-,18-15-,19-16-,20-17-,26-24-,27-25-,32-30-,35-34-,38-37-,42-31-,49-47-. The quantitative estimate of drug-likeness (QED) is 0.0261. The summed E-state index contributed by atoms with van der Waals surface area (Å²) in [7, 11) is 0. The number of allylic oxidation sites excluding steroid dienone is 24. The third kappa shape index (κ3) is 66.0. The van der Waals surface area contributed by atoms with Crippen molar-refractivity contribution in [3.8, 4) is 0 Å². The molecule has 0 radical (unpaired) electrons. The van der Waals surface area contributed by atoms with Crippen LogP contribution in [0.15, 0.2) is 146 Å². The molecule has 0 saturated carbocycles. The summed E-state index contributed by atoms with van der Waals surface area (Å²) in [5.74, 6) is -0.922. The van der Waals surface area contributed by atoms with Gasteiger partial charge in [0.25, 0.3) is 0 Å². The third-order valence-corrected chi connectivity index (χ3v) is 13.8. The highest BCUT2D eigenvalue weighted by Crippen LogP contribution is 2.15. The topological polar surface area (TPSA) is 78.9 Å². The first-order valence-corrected chi connectivity index (χ1v) is 33.3. The van der Waals surface area contributed by atoms with Crippen LogP contribution < -0.4 is 0 Å². The zero-order chi connectivity index (χ0) is 58.5. The van der Waals surface area contributed by atoms with Crippen LogP contribution >= 0.6 is 0 Å². The van der Waals surface area contributed by atoms with Crippen molar-refractivity contribution in [1.82, 2.24) is 0 Å². The summed E-state index contributed by atoms with van der Waals surface area (Å²) in [4.78, 5) is 38.3. The van der Waals surface area contributed by atoms with Crippen LogP contribution in [0.2, 0.25) is 0 Å². The van der Waals surface area contributed by atoms with Crippen LogP contribution in [0.1, 0.15) is 290 Å². The van der Waals surface area contributed by atoms with Crippen LogP contribution in [-0.4, -0.2) is 37.2 Å². The van der Waals surface area contributed by atoms with E-state index in [9.17, 15) is 14.4 Å². The minimum Gasteiger partial charge on any atom is -0.462 e. The number of hydrogen-bond donors (Lipinski definition) is 0. The first-order valence-electron chi connectivity index (χ1n) is 33.3. The van der Waals surface area contributed by atoms with Crippen LogP contribution in [0.4, 0.5) is 0 Å². The Hall–Kier alpha value is -4.71. The minimum atomic E-state index is -0.799. The number of unbranched alkanes of at least 4 members (excludes halogenated alkanes) is 24. The van der Waals surface area contributed by atoms with Crippen LogP contribution in [0.3, 0.4) is 0 Å². The van der Waals surface area contributed by atoms with Crippen molar-refractivity contribution >= 4 is 17.9 Å². The fourth-order valence-corrected chi connectivity index (χ4v) is 8.87. The molecule has 0 saturated heterocycles. The number of rotatable bonds is 59. The maximum atomic E-state index is 12.9. The lowest BCUT2D eigenvalue weighted by Crippen LogP contribution is -2.30. The summed E-state index contributed by atoms with van der Waals surface area (Å²) in [5.41, 5.74) is 0. The van der Waals surface area contributed by atoms with Crippen molar-refractivity contribution in [3.05, 3.63) is 146 Å². The van der Waals surface area contributed by atoms with Crippen molar-refractivity contribution in [1.29, 1.82) is 0 Å². The van der Waals surface area contributed by atoms with E-state index in [1.165, 1.54) is 89.9 Å². The van der Waals surface area contributed by atoms with Crippen molar-refractivity contribution in [2.75, 3.05) is 13.2 Å². The Kier molecular flexibility index (Phi) is 63.9. The Bertz CT molecular complexity index is 1760. The number of ether oxygens (including phenoxy) is 3. The van der Waals surface area contributed by atoms with Gasteiger partial charge in [-0.15, -0.1) is 0 Å². The molecule has 458 valence electrons. The van der Waals surface area contributed by atoms with Crippen molar-refractivity contribution in [2.24, 2.45) is 0 Å². The van der Waals surface area contributed by atoms with E-state index >= 15 is 0 Å². The predicted octanol–water partition coefficient (Wildman–Crippen LogP) is 23.1. The molecule has 0 aromatic carbocycles. The predicted molar refractivity (Wildman–Crippen MR) is 352 cm³/mol. The molecule has 0 aromatic rings. The van der Waals surface area contributed by atoms with E-state index < -0.39 is 6.10 Å². The Morgan fingerprint density at radius 1 is 0.259 bits per heavy atom. The van der Waals surface area contributed by atoms with Crippen molar-refractivity contribution in [3.63, 3.8) is 0 Å². The molecular formula is C75H122O6. The molecule has 0 spiro atoms. The van der Waals surface area contributed by atoms with Crippen LogP contribution in [0.5, 0.6) is 0 Å². The molecule has 1 atom stereocenters. The normalized spacial score (nSPS) is 13.1. The summed E-state index contributed by atoms with van der Waals surface area (Å²) in [6, 6.07) is 0. The zero-order valence-electron chi connectivity index (χ0n) is 52.5. The Labute approximate surface area is 499 Å². The van der Waals surface area contributed by atoms with E-state index in [-0.39, 0.29) is 31.1 Å². The smallest absolute Gasteiger partial charge is 0.306 e. The summed E-state index contributed by atoms with van der Waals surface area (Å²) in [6.45, 7) is 6.36. The van der Waals surface area contributed by atoms with Crippen LogP contribution in [-0.2, 0) is 28.6 Å². The molecule has 0 fully saturated rings. The number of esters is 3. The van der Waals surface area contributed by atoms with Crippen molar-refractivity contribution < 1.29 is 28.6 Å². The highest BCUT2D eigenvalue weighted by atomic mass is 16.6. The van der Waals surface area contributed by atoms with E-state index in [4.69, 9.17) is 14.2 Å². The van der Waals surface area contributed by atoms with E-state index in [0.29, 0.717) is 19.3 Å². The minimum absolute atomic E-state index is 0.0932. The SMILES string of the molecule is CC/C=C\C/C=C\C/C=C\C/C=C\C/C=C\C/C=C\CCCCCCCCCCCCCCC(=O)OCC(COC(=O)CCCCCCC/C=C\CCCC)OC(=O)CCCCCCC/C=C\C/C=C\C/C=C\C/C=C\C/C=C\CC. The van der Waals surface area contributed by atoms with Gasteiger partial charge in [-0.1, -0.05) is 282 Å². The fourth-order valence-electron chi connectivity index (χ4n) is 8.87. The second-order valence-corrected chi connectivity index (χ2v) is 21.6. The molecular weight excluding hydrogens is 997 g/mol. The van der Waals surface area contributed by atoms with Gasteiger partial charge in [0, 0.05) is 19.3 Å². The molecule has 0 aliphatic rings. The molecule has 1 unspecified atom stereocenters. The Morgan fingerprint density at radius 2 is 0.481 bits per heavy atom. The highest BCUT2D eigenvalue weighted by molar-refractivity contribution is 5.71. The number of carbonyl (C=O) groups is 3. The van der Waals surface area contributed by atoms with Crippen molar-refractivity contribution in [2.45, 2.75) is 297 Å². The summed E-state index contributed by atoms with van der Waals surface area (Å²) < 4.78 is 16.9. The average Bonchev–Trinajstić information content (AvgIpc) is 3.47. The van der Waals surface area contributed by atoms with E-state index in [0.717, 1.165) is 161 Å². The van der Waals surface area contributed by atoms with Gasteiger partial charge in [0.2, 0.25) is 0 Å². The summed E-state index contributed by atoms with van der Waals surface area (Å²) in [5, 5.41) is 0. The molecule has 6 heteroatoms. The van der Waals surface area contributed by atoms with Gasteiger partial charge in [0.15, 0.2) is 6.10 Å². The van der Waals surface area contributed by atoms with Crippen LogP contribution in [0.25, 0.3) is 0 Å². The van der Waals surface area contributed by atoms with Gasteiger partial charge in [-0.05, 0) is 135 Å². The molecule has 0 rings (SSSR count). The first kappa shape index (κ1) is 76.3. The van der Waals surface area contributed by atoms with E-state index in [2.05, 4.69) is 167 Å². The lowest BCUT2D eigenvalue weighted by Gasteiger charge is -2.18. The van der Waals surface area contributed by atoms with Gasteiger partial charge in [-0.3, -0.25) is 14.4 Å². The van der Waals surface area contributed by atoms with Gasteiger partial charge in [0.05, 0.1) is 0 Å². The highest BCUT2D eigenvalue weighted by Gasteiger charge is 2.19. The van der Waals surface area contributed by atoms with Gasteiger partial charge in [-0.25, -0.2) is 0 Å². The average molecular weight is 1120 g/mol. The summed E-state index contributed by atoms with van der Waals surface area (Å²) >= 11 is 0. The van der Waals surface area contributed by atoms with Gasteiger partial charge in [-0.2, -0.15) is 0 Å². The molecule has 0 bridgehead atoms. The molecule has 0 amide bonds. The zero-order valence-corrected chi connectivity index (χ0v) is 52.5. The lowest BCUT2D eigenvalue weighted by molar-refractivity contribution is -0.167. The molecule has 0 aliphatic carbocycles. The van der Waals surface area contributed by atoms with Gasteiger partial charge >= 0.3 is 17.9 Å². The second kappa shape index (κ2) is 67.8. The monoisotopic (exact) mass is 1120 g/mol. The van der Waals surface area contributed by atoms with E-state index in [1.54, 1.807) is 0 Å². The summed E-state index contributed by atoms with van der Waals surface area (Å²) in [6.07, 6.45) is 97.2. The third-order valence-electron chi connectivity index (χ3n) is 13.8.